The number of nitrogens with zero attached hydrogens (tertiary/aromatic N) is 1. The topological polar surface area (TPSA) is 40.5 Å². The molecule has 0 spiro atoms. The summed E-state index contributed by atoms with van der Waals surface area (Å²) < 4.78 is 0. The fourth-order valence-electron chi connectivity index (χ4n) is 2.06. The van der Waals surface area contributed by atoms with Crippen molar-refractivity contribution in [2.24, 2.45) is 11.8 Å². The Labute approximate surface area is 98.8 Å². The summed E-state index contributed by atoms with van der Waals surface area (Å²) in [5, 5.41) is 9.96. The molecule has 1 amide bonds. The van der Waals surface area contributed by atoms with E-state index in [0.29, 0.717) is 18.9 Å². The number of aliphatic hydroxyl groups is 1. The van der Waals surface area contributed by atoms with Crippen LogP contribution in [0.4, 0.5) is 0 Å². The lowest BCUT2D eigenvalue weighted by atomic mass is 9.96. The Bertz CT molecular complexity index is 248. The van der Waals surface area contributed by atoms with Crippen LogP contribution in [-0.4, -0.2) is 34.6 Å². The van der Waals surface area contributed by atoms with Crippen LogP contribution in [0.25, 0.3) is 0 Å². The molecule has 2 unspecified atom stereocenters. The molecule has 3 heteroatoms. The third-order valence-electron chi connectivity index (χ3n) is 3.76. The largest absolute Gasteiger partial charge is 0.390 e. The molecule has 16 heavy (non-hydrogen) atoms. The van der Waals surface area contributed by atoms with E-state index in [9.17, 15) is 9.90 Å². The molecule has 94 valence electrons. The van der Waals surface area contributed by atoms with Gasteiger partial charge in [0.05, 0.1) is 5.60 Å². The van der Waals surface area contributed by atoms with E-state index in [4.69, 9.17) is 0 Å². The molecule has 0 bridgehead atoms. The SMILES string of the molecule is CC(C)C(C)C(=O)N1CCCC(C)(O)CC1. The summed E-state index contributed by atoms with van der Waals surface area (Å²) in [6.07, 6.45) is 2.40. The lowest BCUT2D eigenvalue weighted by Gasteiger charge is -2.26. The molecule has 1 aliphatic heterocycles. The molecule has 1 aliphatic rings. The molecular formula is C13H25NO2. The van der Waals surface area contributed by atoms with E-state index in [0.717, 1.165) is 19.4 Å². The van der Waals surface area contributed by atoms with Crippen molar-refractivity contribution in [3.8, 4) is 0 Å². The Hall–Kier alpha value is -0.570. The van der Waals surface area contributed by atoms with E-state index in [-0.39, 0.29) is 11.8 Å². The van der Waals surface area contributed by atoms with Gasteiger partial charge in [0.15, 0.2) is 0 Å². The highest BCUT2D eigenvalue weighted by molar-refractivity contribution is 5.78. The van der Waals surface area contributed by atoms with E-state index in [1.165, 1.54) is 0 Å². The zero-order valence-electron chi connectivity index (χ0n) is 11.0. The molecule has 0 aromatic heterocycles. The number of carbonyl (C=O) groups excluding carboxylic acids is 1. The fraction of sp³-hybridized carbons (Fsp3) is 0.923. The Kier molecular flexibility index (Phi) is 4.36. The van der Waals surface area contributed by atoms with Crippen LogP contribution < -0.4 is 0 Å². The molecule has 1 N–H and O–H groups in total. The molecule has 1 heterocycles. The highest BCUT2D eigenvalue weighted by atomic mass is 16.3. The van der Waals surface area contributed by atoms with Crippen molar-refractivity contribution in [3.63, 3.8) is 0 Å². The average molecular weight is 227 g/mol. The highest BCUT2D eigenvalue weighted by Crippen LogP contribution is 2.23. The van der Waals surface area contributed by atoms with Crippen LogP contribution in [0.2, 0.25) is 0 Å². The summed E-state index contributed by atoms with van der Waals surface area (Å²) in [5.41, 5.74) is -0.587. The lowest BCUT2D eigenvalue weighted by Crippen LogP contribution is -2.38. The Morgan fingerprint density at radius 1 is 1.25 bits per heavy atom. The summed E-state index contributed by atoms with van der Waals surface area (Å²) in [6.45, 7) is 9.52. The van der Waals surface area contributed by atoms with Gasteiger partial charge < -0.3 is 10.0 Å². The monoisotopic (exact) mass is 227 g/mol. The smallest absolute Gasteiger partial charge is 0.225 e. The van der Waals surface area contributed by atoms with E-state index >= 15 is 0 Å². The molecule has 1 saturated heterocycles. The van der Waals surface area contributed by atoms with E-state index in [1.54, 1.807) is 0 Å². The third kappa shape index (κ3) is 3.48. The van der Waals surface area contributed by atoms with Crippen LogP contribution in [0.3, 0.4) is 0 Å². The van der Waals surface area contributed by atoms with E-state index < -0.39 is 5.60 Å². The number of amides is 1. The second-order valence-electron chi connectivity index (χ2n) is 5.71. The minimum absolute atomic E-state index is 0.0862. The summed E-state index contributed by atoms with van der Waals surface area (Å²) in [4.78, 5) is 14.1. The molecule has 3 nitrogen and oxygen atoms in total. The van der Waals surface area contributed by atoms with Gasteiger partial charge in [0, 0.05) is 19.0 Å². The van der Waals surface area contributed by atoms with Crippen molar-refractivity contribution in [3.05, 3.63) is 0 Å². The van der Waals surface area contributed by atoms with Crippen LogP contribution in [0.5, 0.6) is 0 Å². The summed E-state index contributed by atoms with van der Waals surface area (Å²) >= 11 is 0. The maximum Gasteiger partial charge on any atom is 0.225 e. The van der Waals surface area contributed by atoms with Crippen LogP contribution in [0.1, 0.15) is 47.0 Å². The number of rotatable bonds is 2. The predicted molar refractivity (Wildman–Crippen MR) is 65.1 cm³/mol. The summed E-state index contributed by atoms with van der Waals surface area (Å²) in [6, 6.07) is 0. The van der Waals surface area contributed by atoms with Gasteiger partial charge in [0.1, 0.15) is 0 Å². The van der Waals surface area contributed by atoms with Crippen molar-refractivity contribution in [2.45, 2.75) is 52.6 Å². The van der Waals surface area contributed by atoms with Gasteiger partial charge in [-0.3, -0.25) is 4.79 Å². The second kappa shape index (κ2) is 5.17. The number of likely N-dealkylation sites (tertiary alicyclic amines) is 1. The first kappa shape index (κ1) is 13.5. The minimum Gasteiger partial charge on any atom is -0.390 e. The van der Waals surface area contributed by atoms with Crippen molar-refractivity contribution in [1.82, 2.24) is 4.90 Å². The van der Waals surface area contributed by atoms with Gasteiger partial charge in [-0.1, -0.05) is 20.8 Å². The first-order valence-electron chi connectivity index (χ1n) is 6.34. The molecule has 1 rings (SSSR count). The molecule has 0 aromatic carbocycles. The van der Waals surface area contributed by atoms with Crippen LogP contribution >= 0.6 is 0 Å². The van der Waals surface area contributed by atoms with E-state index in [2.05, 4.69) is 13.8 Å². The number of hydrogen-bond acceptors (Lipinski definition) is 2. The van der Waals surface area contributed by atoms with E-state index in [1.807, 2.05) is 18.7 Å². The van der Waals surface area contributed by atoms with Crippen LogP contribution in [0.15, 0.2) is 0 Å². The third-order valence-corrected chi connectivity index (χ3v) is 3.76. The predicted octanol–water partition coefficient (Wildman–Crippen LogP) is 2.04. The molecule has 0 aromatic rings. The van der Waals surface area contributed by atoms with Gasteiger partial charge >= 0.3 is 0 Å². The van der Waals surface area contributed by atoms with Crippen LogP contribution in [-0.2, 0) is 4.79 Å². The quantitative estimate of drug-likeness (QED) is 0.784. The van der Waals surface area contributed by atoms with Crippen LogP contribution in [0, 0.1) is 11.8 Å². The first-order valence-corrected chi connectivity index (χ1v) is 6.34. The van der Waals surface area contributed by atoms with Gasteiger partial charge in [0.25, 0.3) is 0 Å². The number of carbonyl (C=O) groups is 1. The molecule has 2 atom stereocenters. The van der Waals surface area contributed by atoms with Crippen molar-refractivity contribution >= 4 is 5.91 Å². The van der Waals surface area contributed by atoms with Crippen molar-refractivity contribution in [1.29, 1.82) is 0 Å². The first-order chi connectivity index (χ1) is 7.33. The summed E-state index contributed by atoms with van der Waals surface area (Å²) in [5.74, 6) is 0.715. The molecular weight excluding hydrogens is 202 g/mol. The summed E-state index contributed by atoms with van der Waals surface area (Å²) in [7, 11) is 0. The van der Waals surface area contributed by atoms with Gasteiger partial charge in [-0.25, -0.2) is 0 Å². The van der Waals surface area contributed by atoms with Crippen molar-refractivity contribution < 1.29 is 9.90 Å². The Morgan fingerprint density at radius 2 is 1.88 bits per heavy atom. The molecule has 0 radical (unpaired) electrons. The molecule has 0 aliphatic carbocycles. The second-order valence-corrected chi connectivity index (χ2v) is 5.71. The van der Waals surface area contributed by atoms with Gasteiger partial charge in [-0.2, -0.15) is 0 Å². The Balaban J connectivity index is 2.58. The maximum absolute atomic E-state index is 12.1. The van der Waals surface area contributed by atoms with Crippen molar-refractivity contribution in [2.75, 3.05) is 13.1 Å². The zero-order chi connectivity index (χ0) is 12.3. The standard InChI is InChI=1S/C13H25NO2/c1-10(2)11(3)12(15)14-8-5-6-13(4,16)7-9-14/h10-11,16H,5-9H2,1-4H3. The minimum atomic E-state index is -0.587. The highest BCUT2D eigenvalue weighted by Gasteiger charge is 2.29. The number of hydrogen-bond donors (Lipinski definition) is 1. The lowest BCUT2D eigenvalue weighted by molar-refractivity contribution is -0.136. The maximum atomic E-state index is 12.1. The average Bonchev–Trinajstić information content (AvgIpc) is 2.37. The Morgan fingerprint density at radius 3 is 2.44 bits per heavy atom. The van der Waals surface area contributed by atoms with Gasteiger partial charge in [-0.15, -0.1) is 0 Å². The normalized spacial score (nSPS) is 29.0. The molecule has 0 saturated carbocycles. The molecule has 1 fully saturated rings. The van der Waals surface area contributed by atoms with Gasteiger partial charge in [-0.05, 0) is 32.1 Å². The van der Waals surface area contributed by atoms with Gasteiger partial charge in [0.2, 0.25) is 5.91 Å². The fourth-order valence-corrected chi connectivity index (χ4v) is 2.06. The zero-order valence-corrected chi connectivity index (χ0v) is 11.0.